The third-order valence-electron chi connectivity index (χ3n) is 8.95. The van der Waals surface area contributed by atoms with E-state index in [1.807, 2.05) is 17.0 Å². The Bertz CT molecular complexity index is 1320. The van der Waals surface area contributed by atoms with Gasteiger partial charge in [-0.1, -0.05) is 81.4 Å². The van der Waals surface area contributed by atoms with E-state index < -0.39 is 14.4 Å². The van der Waals surface area contributed by atoms with Crippen LogP contribution in [0.4, 0.5) is 0 Å². The maximum Gasteiger partial charge on any atom is 0.223 e. The Morgan fingerprint density at radius 3 is 2.23 bits per heavy atom. The first-order valence-corrected chi connectivity index (χ1v) is 18.4. The van der Waals surface area contributed by atoms with Crippen molar-refractivity contribution in [3.63, 3.8) is 0 Å². The number of hydrogen-bond acceptors (Lipinski definition) is 5. The van der Waals surface area contributed by atoms with Crippen molar-refractivity contribution in [2.24, 2.45) is 0 Å². The van der Waals surface area contributed by atoms with Gasteiger partial charge in [-0.15, -0.1) is 0 Å². The molecule has 43 heavy (non-hydrogen) atoms. The van der Waals surface area contributed by atoms with E-state index in [1.54, 1.807) is 48.5 Å². The Kier molecular flexibility index (Phi) is 11.0. The maximum absolute atomic E-state index is 12.8. The zero-order chi connectivity index (χ0) is 31.0. The van der Waals surface area contributed by atoms with Crippen molar-refractivity contribution >= 4 is 20.0 Å². The van der Waals surface area contributed by atoms with Gasteiger partial charge >= 0.3 is 0 Å². The number of ether oxygens (including phenoxy) is 1. The summed E-state index contributed by atoms with van der Waals surface area (Å²) >= 11 is 0. The van der Waals surface area contributed by atoms with E-state index in [2.05, 4.69) is 58.1 Å². The van der Waals surface area contributed by atoms with Gasteiger partial charge in [0.15, 0.2) is 14.1 Å². The molecule has 0 spiro atoms. The van der Waals surface area contributed by atoms with Crippen LogP contribution in [-0.2, 0) is 15.6 Å². The molecule has 0 saturated carbocycles. The number of nitrogens with zero attached hydrogens (tertiary/aromatic N) is 1. The molecule has 1 fully saturated rings. The lowest BCUT2D eigenvalue weighted by molar-refractivity contribution is -0.129. The normalized spacial score (nSPS) is 17.1. The molecule has 1 N–H and O–H groups in total. The Hall–Kier alpha value is -3.26. The minimum atomic E-state index is -1.96. The molecule has 1 aliphatic rings. The third kappa shape index (κ3) is 8.88. The van der Waals surface area contributed by atoms with Crippen LogP contribution in [0, 0.1) is 0 Å². The lowest BCUT2D eigenvalue weighted by atomic mass is 10.00. The van der Waals surface area contributed by atoms with Gasteiger partial charge in [0.2, 0.25) is 5.91 Å². The van der Waals surface area contributed by atoms with Crippen LogP contribution in [0.5, 0.6) is 5.75 Å². The highest BCUT2D eigenvalue weighted by atomic mass is 28.4. The molecule has 230 valence electrons. The average Bonchev–Trinajstić information content (AvgIpc) is 3.34. The van der Waals surface area contributed by atoms with Gasteiger partial charge in [0.25, 0.3) is 0 Å². The molecule has 1 amide bonds. The van der Waals surface area contributed by atoms with Crippen LogP contribution in [0.2, 0.25) is 18.1 Å². The monoisotopic (exact) mass is 601 g/mol. The van der Waals surface area contributed by atoms with Crippen molar-refractivity contribution in [2.75, 3.05) is 13.2 Å². The van der Waals surface area contributed by atoms with E-state index in [0.717, 1.165) is 25.7 Å². The molecule has 3 atom stereocenters. The van der Waals surface area contributed by atoms with Crippen LogP contribution in [0.1, 0.15) is 74.0 Å². The maximum atomic E-state index is 12.8. The number of amides is 1. The predicted molar refractivity (Wildman–Crippen MR) is 174 cm³/mol. The summed E-state index contributed by atoms with van der Waals surface area (Å²) in [6.07, 6.45) is 3.01. The zero-order valence-electron chi connectivity index (χ0n) is 26.3. The second-order valence-corrected chi connectivity index (χ2v) is 17.9. The summed E-state index contributed by atoms with van der Waals surface area (Å²) in [5, 5.41) is 10.6. The first-order chi connectivity index (χ1) is 20.4. The molecule has 7 heteroatoms. The summed E-state index contributed by atoms with van der Waals surface area (Å²) < 4.78 is 12.9. The summed E-state index contributed by atoms with van der Waals surface area (Å²) in [4.78, 5) is 27.5. The lowest BCUT2D eigenvalue weighted by Gasteiger charge is -2.40. The number of Topliss-reactive ketones (excluding diaryl/α,β-unsaturated/α-hetero) is 1. The fourth-order valence-electron chi connectivity index (χ4n) is 5.37. The topological polar surface area (TPSA) is 76.1 Å². The van der Waals surface area contributed by atoms with Gasteiger partial charge in [0.05, 0.1) is 6.54 Å². The highest BCUT2D eigenvalue weighted by Gasteiger charge is 2.39. The molecule has 3 aromatic rings. The molecular formula is C36H47NO5Si. The largest absolute Gasteiger partial charge is 0.492 e. The Labute approximate surface area is 258 Å². The molecular weight excluding hydrogens is 554 g/mol. The number of ketones is 1. The fraction of sp³-hybridized carbons (Fsp3) is 0.444. The number of aliphatic hydroxyl groups excluding tert-OH is 1. The predicted octanol–water partition coefficient (Wildman–Crippen LogP) is 7.39. The molecule has 0 aromatic heterocycles. The van der Waals surface area contributed by atoms with E-state index in [9.17, 15) is 14.7 Å². The van der Waals surface area contributed by atoms with Crippen molar-refractivity contribution < 1.29 is 23.9 Å². The van der Waals surface area contributed by atoms with Crippen LogP contribution in [0.3, 0.4) is 0 Å². The molecule has 4 rings (SSSR count). The molecule has 1 aliphatic heterocycles. The number of likely N-dealkylation sites (tertiary alicyclic amines) is 1. The second kappa shape index (κ2) is 14.5. The SMILES string of the molecule is CC(C)(C)[Si](C)(C)OC(CCC1CCC(=O)N1CCOc1ccc(C(=O)C(O)c2ccccc2)cc1)Cc1ccccc1. The highest BCUT2D eigenvalue weighted by Crippen LogP contribution is 2.38. The van der Waals surface area contributed by atoms with E-state index in [1.165, 1.54) is 5.56 Å². The summed E-state index contributed by atoms with van der Waals surface area (Å²) in [5.41, 5.74) is 2.26. The van der Waals surface area contributed by atoms with Gasteiger partial charge in [0.1, 0.15) is 18.5 Å². The zero-order valence-corrected chi connectivity index (χ0v) is 27.3. The highest BCUT2D eigenvalue weighted by molar-refractivity contribution is 6.74. The van der Waals surface area contributed by atoms with Crippen molar-refractivity contribution in [3.05, 3.63) is 102 Å². The van der Waals surface area contributed by atoms with Gasteiger partial charge in [-0.25, -0.2) is 0 Å². The number of rotatable bonds is 14. The van der Waals surface area contributed by atoms with E-state index in [4.69, 9.17) is 9.16 Å². The van der Waals surface area contributed by atoms with Crippen LogP contribution < -0.4 is 4.74 Å². The van der Waals surface area contributed by atoms with Crippen molar-refractivity contribution in [3.8, 4) is 5.75 Å². The molecule has 1 heterocycles. The molecule has 3 unspecified atom stereocenters. The van der Waals surface area contributed by atoms with Crippen molar-refractivity contribution in [1.29, 1.82) is 0 Å². The first-order valence-electron chi connectivity index (χ1n) is 15.5. The second-order valence-electron chi connectivity index (χ2n) is 13.1. The Balaban J connectivity index is 1.31. The van der Waals surface area contributed by atoms with Crippen molar-refractivity contribution in [1.82, 2.24) is 4.90 Å². The molecule has 6 nitrogen and oxygen atoms in total. The third-order valence-corrected chi connectivity index (χ3v) is 13.5. The van der Waals surface area contributed by atoms with Crippen LogP contribution in [-0.4, -0.2) is 55.3 Å². The van der Waals surface area contributed by atoms with E-state index in [0.29, 0.717) is 36.4 Å². The van der Waals surface area contributed by atoms with Crippen LogP contribution in [0.25, 0.3) is 0 Å². The summed E-state index contributed by atoms with van der Waals surface area (Å²) in [6.45, 7) is 12.3. The number of aliphatic hydroxyl groups is 1. The molecule has 0 aliphatic carbocycles. The van der Waals surface area contributed by atoms with E-state index >= 15 is 0 Å². The number of hydrogen-bond donors (Lipinski definition) is 1. The summed E-state index contributed by atoms with van der Waals surface area (Å²) in [7, 11) is -1.96. The quantitative estimate of drug-likeness (QED) is 0.154. The Morgan fingerprint density at radius 1 is 0.977 bits per heavy atom. The Morgan fingerprint density at radius 2 is 1.60 bits per heavy atom. The van der Waals surface area contributed by atoms with Crippen LogP contribution >= 0.6 is 0 Å². The smallest absolute Gasteiger partial charge is 0.223 e. The molecule has 0 radical (unpaired) electrons. The molecule has 1 saturated heterocycles. The van der Waals surface area contributed by atoms with Gasteiger partial charge in [0, 0.05) is 24.1 Å². The van der Waals surface area contributed by atoms with Gasteiger partial charge in [-0.05, 0) is 79.2 Å². The number of carbonyl (C=O) groups is 2. The number of benzene rings is 3. The minimum Gasteiger partial charge on any atom is -0.492 e. The van der Waals surface area contributed by atoms with Crippen molar-refractivity contribution in [2.45, 2.75) is 89.3 Å². The van der Waals surface area contributed by atoms with Gasteiger partial charge in [-0.2, -0.15) is 0 Å². The summed E-state index contributed by atoms with van der Waals surface area (Å²) in [5.74, 6) is 0.445. The first kappa shape index (κ1) is 32.6. The molecule has 3 aromatic carbocycles. The molecule has 0 bridgehead atoms. The van der Waals surface area contributed by atoms with Gasteiger partial charge in [-0.3, -0.25) is 9.59 Å². The van der Waals surface area contributed by atoms with E-state index in [-0.39, 0.29) is 28.9 Å². The average molecular weight is 602 g/mol. The fourth-order valence-corrected chi connectivity index (χ4v) is 6.76. The number of carbonyl (C=O) groups excluding carboxylic acids is 2. The lowest BCUT2D eigenvalue weighted by Crippen LogP contribution is -2.45. The van der Waals surface area contributed by atoms with Gasteiger partial charge < -0.3 is 19.2 Å². The standard InChI is InChI=1S/C36H47NO5Si/c1-36(2,3)43(4,5)42-32(26-27-12-8-6-9-13-27)22-18-30-19-23-33(38)37(30)24-25-41-31-20-16-29(17-21-31)35(40)34(39)28-14-10-7-11-15-28/h6-17,20-21,30,32,34,39H,18-19,22-26H2,1-5H3. The summed E-state index contributed by atoms with van der Waals surface area (Å²) in [6, 6.07) is 26.4. The van der Waals surface area contributed by atoms with Crippen LogP contribution in [0.15, 0.2) is 84.9 Å². The minimum absolute atomic E-state index is 0.110.